The molecule has 0 spiro atoms. The Hall–Kier alpha value is -3.39. The summed E-state index contributed by atoms with van der Waals surface area (Å²) in [4.78, 5) is 29.8. The van der Waals surface area contributed by atoms with Crippen LogP contribution in [0.2, 0.25) is 0 Å². The van der Waals surface area contributed by atoms with E-state index in [4.69, 9.17) is 9.47 Å². The number of thioether (sulfide) groups is 1. The summed E-state index contributed by atoms with van der Waals surface area (Å²) in [5.74, 6) is -2.15. The summed E-state index contributed by atoms with van der Waals surface area (Å²) < 4.78 is 54.0. The predicted octanol–water partition coefficient (Wildman–Crippen LogP) is 4.99. The second kappa shape index (κ2) is 13.1. The number of nitrogens with one attached hydrogen (secondary N) is 1. The number of anilines is 1. The minimum Gasteiger partial charge on any atom is -0.392 e. The number of amides is 2. The second-order valence-corrected chi connectivity index (χ2v) is 11.7. The number of halogens is 3. The van der Waals surface area contributed by atoms with Crippen LogP contribution in [-0.4, -0.2) is 62.0 Å². The lowest BCUT2D eigenvalue weighted by atomic mass is 9.91. The summed E-state index contributed by atoms with van der Waals surface area (Å²) in [5, 5.41) is 13.0. The summed E-state index contributed by atoms with van der Waals surface area (Å²) in [6.45, 7) is 1.85. The third-order valence-electron chi connectivity index (χ3n) is 7.76. The molecule has 5 rings (SSSR count). The van der Waals surface area contributed by atoms with Crippen LogP contribution < -0.4 is 5.32 Å². The van der Waals surface area contributed by atoms with Gasteiger partial charge in [0.1, 0.15) is 6.04 Å². The van der Waals surface area contributed by atoms with Gasteiger partial charge in [-0.2, -0.15) is 13.2 Å². The summed E-state index contributed by atoms with van der Waals surface area (Å²) in [7, 11) is 1.92. The van der Waals surface area contributed by atoms with Crippen LogP contribution >= 0.6 is 11.8 Å². The molecule has 2 aliphatic rings. The maximum Gasteiger partial charge on any atom is 0.471 e. The fourth-order valence-electron chi connectivity index (χ4n) is 5.39. The predicted molar refractivity (Wildman–Crippen MR) is 153 cm³/mol. The third-order valence-corrected chi connectivity index (χ3v) is 8.91. The summed E-state index contributed by atoms with van der Waals surface area (Å²) in [5.41, 5.74) is 2.67. The zero-order chi connectivity index (χ0) is 30.7. The number of hydrogen-bond acceptors (Lipinski definition) is 7. The van der Waals surface area contributed by atoms with Crippen LogP contribution in [0.25, 0.3) is 0 Å². The average molecular weight is 619 g/mol. The van der Waals surface area contributed by atoms with Gasteiger partial charge in [0.05, 0.1) is 18.8 Å². The molecule has 2 aliphatic heterocycles. The minimum absolute atomic E-state index is 0.0496. The molecule has 0 saturated carbocycles. The van der Waals surface area contributed by atoms with Gasteiger partial charge in [-0.25, -0.2) is 4.98 Å². The molecule has 0 bridgehead atoms. The van der Waals surface area contributed by atoms with Crippen molar-refractivity contribution in [1.29, 1.82) is 0 Å². The van der Waals surface area contributed by atoms with Crippen molar-refractivity contribution < 1.29 is 37.3 Å². The number of carbonyl (C=O) groups excluding carboxylic acids is 2. The van der Waals surface area contributed by atoms with Crippen molar-refractivity contribution in [3.8, 4) is 0 Å². The van der Waals surface area contributed by atoms with Gasteiger partial charge in [-0.3, -0.25) is 9.59 Å². The van der Waals surface area contributed by atoms with Crippen LogP contribution in [-0.2, 0) is 32.7 Å². The highest BCUT2D eigenvalue weighted by Gasteiger charge is 2.47. The maximum atomic E-state index is 13.1. The largest absolute Gasteiger partial charge is 0.471 e. The monoisotopic (exact) mass is 618 g/mol. The number of rotatable bonds is 8. The number of aryl methyl sites for hydroxylation is 1. The lowest BCUT2D eigenvalue weighted by Crippen LogP contribution is -2.48. The topological polar surface area (TPSA) is 106 Å². The van der Waals surface area contributed by atoms with E-state index >= 15 is 0 Å². The lowest BCUT2D eigenvalue weighted by Gasteiger charge is -2.41. The number of hydrogen-bond donors (Lipinski definition) is 2. The highest BCUT2D eigenvalue weighted by Crippen LogP contribution is 2.43. The molecule has 5 atom stereocenters. The Morgan fingerprint density at radius 2 is 1.91 bits per heavy atom. The molecule has 0 unspecified atom stereocenters. The summed E-state index contributed by atoms with van der Waals surface area (Å²) in [6, 6.07) is 13.1. The molecule has 230 valence electrons. The van der Waals surface area contributed by atoms with Crippen molar-refractivity contribution in [3.05, 3.63) is 77.6 Å². The van der Waals surface area contributed by atoms with E-state index in [1.807, 2.05) is 42.1 Å². The van der Waals surface area contributed by atoms with Crippen molar-refractivity contribution in [2.45, 2.75) is 62.2 Å². The molecule has 3 aromatic rings. The normalized spacial score (nSPS) is 24.2. The van der Waals surface area contributed by atoms with E-state index in [1.165, 1.54) is 0 Å². The van der Waals surface area contributed by atoms with E-state index in [0.717, 1.165) is 16.3 Å². The van der Waals surface area contributed by atoms with Gasteiger partial charge in [-0.15, -0.1) is 0 Å². The molecular formula is C30H33F3N4O5S. The van der Waals surface area contributed by atoms with Gasteiger partial charge in [0.15, 0.2) is 11.4 Å². The van der Waals surface area contributed by atoms with Crippen LogP contribution in [0.4, 0.5) is 18.9 Å². The van der Waals surface area contributed by atoms with Crippen LogP contribution in [0.5, 0.6) is 0 Å². The number of likely N-dealkylation sites (tertiary alicyclic amines) is 1. The first-order valence-corrected chi connectivity index (χ1v) is 14.9. The number of ether oxygens (including phenoxy) is 2. The van der Waals surface area contributed by atoms with Crippen LogP contribution in [0, 0.1) is 5.92 Å². The van der Waals surface area contributed by atoms with Crippen LogP contribution in [0.1, 0.15) is 48.8 Å². The lowest BCUT2D eigenvalue weighted by molar-refractivity contribution is -0.268. The molecule has 2 amide bonds. The number of aliphatic hydroxyl groups is 1. The van der Waals surface area contributed by atoms with Crippen LogP contribution in [0.3, 0.4) is 0 Å². The Kier molecular flexibility index (Phi) is 9.45. The Labute approximate surface area is 251 Å². The van der Waals surface area contributed by atoms with E-state index in [9.17, 15) is 27.9 Å². The molecule has 0 aliphatic carbocycles. The number of benzene rings is 2. The van der Waals surface area contributed by atoms with Crippen molar-refractivity contribution in [2.24, 2.45) is 13.0 Å². The SMILES string of the molecule is C[C@@H]1[C@H](CSc2nccn2C)O[C@H](c2cccc(NC(=O)[C@@H]3CCCN3C(=O)C(F)(F)F)c2)O[C@@H]1c1ccc(CO)cc1. The molecule has 2 fully saturated rings. The first-order valence-electron chi connectivity index (χ1n) is 13.9. The van der Waals surface area contributed by atoms with Crippen molar-refractivity contribution in [3.63, 3.8) is 0 Å². The van der Waals surface area contributed by atoms with Gasteiger partial charge < -0.3 is 29.4 Å². The Balaban J connectivity index is 1.35. The van der Waals surface area contributed by atoms with Gasteiger partial charge >= 0.3 is 12.1 Å². The molecule has 9 nitrogen and oxygen atoms in total. The Bertz CT molecular complexity index is 1430. The Morgan fingerprint density at radius 3 is 2.58 bits per heavy atom. The number of aliphatic hydroxyl groups excluding tert-OH is 1. The molecule has 1 aromatic heterocycles. The van der Waals surface area contributed by atoms with E-state index in [0.29, 0.717) is 28.3 Å². The van der Waals surface area contributed by atoms with Crippen molar-refractivity contribution in [2.75, 3.05) is 17.6 Å². The third kappa shape index (κ3) is 7.06. The second-order valence-electron chi connectivity index (χ2n) is 10.7. The molecule has 43 heavy (non-hydrogen) atoms. The molecule has 0 radical (unpaired) electrons. The molecule has 2 N–H and O–H groups in total. The van der Waals surface area contributed by atoms with E-state index in [2.05, 4.69) is 17.2 Å². The smallest absolute Gasteiger partial charge is 0.392 e. The highest BCUT2D eigenvalue weighted by molar-refractivity contribution is 7.99. The van der Waals surface area contributed by atoms with Gasteiger partial charge in [-0.1, -0.05) is 55.1 Å². The molecule has 2 aromatic carbocycles. The fraction of sp³-hybridized carbons (Fsp3) is 0.433. The number of imidazole rings is 1. The maximum absolute atomic E-state index is 13.1. The van der Waals surface area contributed by atoms with Gasteiger partial charge in [-0.05, 0) is 36.1 Å². The van der Waals surface area contributed by atoms with E-state index < -0.39 is 30.3 Å². The zero-order valence-electron chi connectivity index (χ0n) is 23.7. The highest BCUT2D eigenvalue weighted by atomic mass is 32.2. The molecular weight excluding hydrogens is 585 g/mol. The van der Waals surface area contributed by atoms with E-state index in [-0.39, 0.29) is 37.7 Å². The first kappa shape index (κ1) is 31.0. The number of carbonyl (C=O) groups is 2. The average Bonchev–Trinajstić information content (AvgIpc) is 3.65. The summed E-state index contributed by atoms with van der Waals surface area (Å²) >= 11 is 1.56. The minimum atomic E-state index is -5.05. The van der Waals surface area contributed by atoms with Gasteiger partial charge in [0.2, 0.25) is 5.91 Å². The van der Waals surface area contributed by atoms with Gasteiger partial charge in [0.25, 0.3) is 0 Å². The number of aromatic nitrogens is 2. The number of alkyl halides is 3. The van der Waals surface area contributed by atoms with E-state index in [1.54, 1.807) is 42.2 Å². The fourth-order valence-corrected chi connectivity index (χ4v) is 6.49. The first-order chi connectivity index (χ1) is 20.5. The summed E-state index contributed by atoms with van der Waals surface area (Å²) in [6.07, 6.45) is -2.40. The molecule has 3 heterocycles. The van der Waals surface area contributed by atoms with Crippen LogP contribution in [0.15, 0.2) is 66.1 Å². The van der Waals surface area contributed by atoms with Crippen molar-refractivity contribution in [1.82, 2.24) is 14.5 Å². The standard InChI is InChI=1S/C30H33F3N4O5S/c1-18-24(17-43-29-34-12-14-36(29)2)41-27(42-25(18)20-10-8-19(16-38)9-11-20)21-5-3-6-22(15-21)35-26(39)23-7-4-13-37(23)28(40)30(31,32)33/h3,5-6,8-12,14-15,18,23-25,27,38H,4,7,13,16-17H2,1-2H3,(H,35,39)/t18-,23+,24+,25+,27+/m1/s1. The molecule has 2 saturated heterocycles. The molecule has 13 heteroatoms. The quantitative estimate of drug-likeness (QED) is 0.343. The van der Waals surface area contributed by atoms with Gasteiger partial charge in [0, 0.05) is 48.9 Å². The van der Waals surface area contributed by atoms with Crippen molar-refractivity contribution >= 4 is 29.3 Å². The zero-order valence-corrected chi connectivity index (χ0v) is 24.5. The number of nitrogens with zero attached hydrogens (tertiary/aromatic N) is 3. The Morgan fingerprint density at radius 1 is 1.14 bits per heavy atom.